The smallest absolute Gasteiger partial charge is 0.340 e. The van der Waals surface area contributed by atoms with Gasteiger partial charge in [-0.15, -0.1) is 4.40 Å². The average Bonchev–Trinajstić information content (AvgIpc) is 2.62. The summed E-state index contributed by atoms with van der Waals surface area (Å²) in [7, 11) is -3.48. The Labute approximate surface area is 155 Å². The molecule has 0 spiro atoms. The van der Waals surface area contributed by atoms with Crippen molar-refractivity contribution in [1.29, 1.82) is 0 Å². The standard InChI is InChI=1S/C17H16FN3O5S/c1-11(16(22)19-14-5-3-13(18)4-6-14)26-17(23)12-2-7-15-20-27(24,25)9-8-21(15)10-12/h2-7,10-11H,8-9H2,1H3,(H,19,22)/t11-/m0/s1. The first-order valence-corrected chi connectivity index (χ1v) is 9.61. The first-order chi connectivity index (χ1) is 12.7. The number of carbonyl (C=O) groups is 2. The van der Waals surface area contributed by atoms with Crippen molar-refractivity contribution in [3.05, 3.63) is 54.0 Å². The molecule has 0 saturated heterocycles. The summed E-state index contributed by atoms with van der Waals surface area (Å²) in [5, 5.41) is 2.51. The zero-order valence-electron chi connectivity index (χ0n) is 14.3. The van der Waals surface area contributed by atoms with E-state index in [9.17, 15) is 22.4 Å². The van der Waals surface area contributed by atoms with E-state index in [1.165, 1.54) is 54.4 Å². The van der Waals surface area contributed by atoms with Crippen LogP contribution in [0.15, 0.2) is 52.6 Å². The van der Waals surface area contributed by atoms with Gasteiger partial charge in [0.25, 0.3) is 15.9 Å². The van der Waals surface area contributed by atoms with E-state index in [-0.39, 0.29) is 23.7 Å². The van der Waals surface area contributed by atoms with Gasteiger partial charge in [0.05, 0.1) is 11.3 Å². The summed E-state index contributed by atoms with van der Waals surface area (Å²) in [5.74, 6) is -1.67. The number of rotatable bonds is 4. The van der Waals surface area contributed by atoms with Gasteiger partial charge in [-0.1, -0.05) is 0 Å². The number of amidine groups is 1. The van der Waals surface area contributed by atoms with Crippen molar-refractivity contribution in [3.8, 4) is 0 Å². The lowest BCUT2D eigenvalue weighted by Crippen LogP contribution is -2.37. The molecule has 1 atom stereocenters. The molecule has 0 saturated carbocycles. The number of nitrogens with zero attached hydrogens (tertiary/aromatic N) is 2. The molecule has 3 rings (SSSR count). The first kappa shape index (κ1) is 18.8. The van der Waals surface area contributed by atoms with Crippen molar-refractivity contribution in [2.24, 2.45) is 4.40 Å². The Hall–Kier alpha value is -3.01. The maximum absolute atomic E-state index is 12.9. The van der Waals surface area contributed by atoms with E-state index in [0.717, 1.165) is 0 Å². The molecule has 2 aliphatic heterocycles. The van der Waals surface area contributed by atoms with Gasteiger partial charge in [0, 0.05) is 18.4 Å². The largest absolute Gasteiger partial charge is 0.449 e. The number of amides is 1. The van der Waals surface area contributed by atoms with E-state index in [1.54, 1.807) is 0 Å². The number of hydrogen-bond acceptors (Lipinski definition) is 6. The van der Waals surface area contributed by atoms with Gasteiger partial charge in [0.1, 0.15) is 11.7 Å². The molecular formula is C17H16FN3O5S. The van der Waals surface area contributed by atoms with Crippen LogP contribution >= 0.6 is 0 Å². The van der Waals surface area contributed by atoms with Crippen molar-refractivity contribution in [3.63, 3.8) is 0 Å². The fourth-order valence-electron chi connectivity index (χ4n) is 2.38. The third-order valence-corrected chi connectivity index (χ3v) is 4.99. The molecule has 2 heterocycles. The Kier molecular flexibility index (Phi) is 5.08. The predicted octanol–water partition coefficient (Wildman–Crippen LogP) is 1.19. The third kappa shape index (κ3) is 4.59. The molecule has 1 N–H and O–H groups in total. The van der Waals surface area contributed by atoms with Crippen molar-refractivity contribution in [2.75, 3.05) is 17.6 Å². The summed E-state index contributed by atoms with van der Waals surface area (Å²) in [6.45, 7) is 1.58. The number of hydrogen-bond donors (Lipinski definition) is 1. The van der Waals surface area contributed by atoms with Crippen molar-refractivity contribution in [1.82, 2.24) is 4.90 Å². The Bertz CT molecular complexity index is 967. The van der Waals surface area contributed by atoms with Gasteiger partial charge in [0.15, 0.2) is 6.10 Å². The van der Waals surface area contributed by atoms with Crippen LogP contribution in [-0.2, 0) is 24.3 Å². The molecule has 10 heteroatoms. The van der Waals surface area contributed by atoms with Crippen molar-refractivity contribution >= 4 is 33.4 Å². The number of halogens is 1. The summed E-state index contributed by atoms with van der Waals surface area (Å²) < 4.78 is 44.6. The van der Waals surface area contributed by atoms with Crippen molar-refractivity contribution in [2.45, 2.75) is 13.0 Å². The first-order valence-electron chi connectivity index (χ1n) is 8.00. The van der Waals surface area contributed by atoms with Crippen LogP contribution in [0.4, 0.5) is 10.1 Å². The van der Waals surface area contributed by atoms with E-state index in [0.29, 0.717) is 5.69 Å². The van der Waals surface area contributed by atoms with Crippen LogP contribution in [0, 0.1) is 5.82 Å². The van der Waals surface area contributed by atoms with E-state index in [2.05, 4.69) is 9.71 Å². The normalized spacial score (nSPS) is 18.7. The van der Waals surface area contributed by atoms with Crippen LogP contribution in [0.25, 0.3) is 0 Å². The average molecular weight is 393 g/mol. The second-order valence-electron chi connectivity index (χ2n) is 5.89. The van der Waals surface area contributed by atoms with Crippen LogP contribution in [0.5, 0.6) is 0 Å². The lowest BCUT2D eigenvalue weighted by atomic mass is 10.2. The van der Waals surface area contributed by atoms with Crippen LogP contribution in [0.3, 0.4) is 0 Å². The molecule has 27 heavy (non-hydrogen) atoms. The van der Waals surface area contributed by atoms with Gasteiger partial charge in [-0.05, 0) is 43.3 Å². The van der Waals surface area contributed by atoms with E-state index in [4.69, 9.17) is 4.74 Å². The molecule has 142 valence electrons. The van der Waals surface area contributed by atoms with Gasteiger partial charge >= 0.3 is 5.97 Å². The minimum Gasteiger partial charge on any atom is -0.449 e. The van der Waals surface area contributed by atoms with Crippen molar-refractivity contribution < 1.29 is 27.1 Å². The van der Waals surface area contributed by atoms with Gasteiger partial charge in [-0.2, -0.15) is 0 Å². The van der Waals surface area contributed by atoms with Gasteiger partial charge in [0.2, 0.25) is 0 Å². The van der Waals surface area contributed by atoms with Gasteiger partial charge in [-0.3, -0.25) is 4.79 Å². The molecule has 0 fully saturated rings. The lowest BCUT2D eigenvalue weighted by Gasteiger charge is -2.27. The van der Waals surface area contributed by atoms with E-state index in [1.807, 2.05) is 0 Å². The van der Waals surface area contributed by atoms with Gasteiger partial charge in [-0.25, -0.2) is 17.6 Å². The molecule has 1 aromatic carbocycles. The molecule has 0 unspecified atom stereocenters. The van der Waals surface area contributed by atoms with E-state index < -0.39 is 33.8 Å². The second kappa shape index (κ2) is 7.31. The Morgan fingerprint density at radius 1 is 1.26 bits per heavy atom. The van der Waals surface area contributed by atoms with Crippen LogP contribution in [-0.4, -0.2) is 49.4 Å². The highest BCUT2D eigenvalue weighted by atomic mass is 32.2. The monoisotopic (exact) mass is 393 g/mol. The topological polar surface area (TPSA) is 105 Å². The van der Waals surface area contributed by atoms with Gasteiger partial charge < -0.3 is 15.0 Å². The fourth-order valence-corrected chi connectivity index (χ4v) is 3.35. The number of sulfonamides is 1. The Morgan fingerprint density at radius 3 is 2.67 bits per heavy atom. The molecule has 0 aromatic heterocycles. The van der Waals surface area contributed by atoms with Crippen LogP contribution in [0.1, 0.15) is 6.92 Å². The summed E-state index contributed by atoms with van der Waals surface area (Å²) in [4.78, 5) is 25.9. The zero-order chi connectivity index (χ0) is 19.6. The highest BCUT2D eigenvalue weighted by Gasteiger charge is 2.27. The molecule has 0 bridgehead atoms. The highest BCUT2D eigenvalue weighted by molar-refractivity contribution is 7.90. The quantitative estimate of drug-likeness (QED) is 0.771. The highest BCUT2D eigenvalue weighted by Crippen LogP contribution is 2.17. The van der Waals surface area contributed by atoms with Crippen LogP contribution in [0.2, 0.25) is 0 Å². The number of carbonyl (C=O) groups excluding carboxylic acids is 2. The molecule has 8 nitrogen and oxygen atoms in total. The summed E-state index contributed by atoms with van der Waals surface area (Å²) in [6, 6.07) is 5.17. The zero-order valence-corrected chi connectivity index (χ0v) is 15.1. The number of esters is 1. The lowest BCUT2D eigenvalue weighted by molar-refractivity contribution is -0.149. The molecule has 0 aliphatic carbocycles. The summed E-state index contributed by atoms with van der Waals surface area (Å²) in [5.41, 5.74) is 0.533. The molecule has 1 aromatic rings. The number of benzene rings is 1. The third-order valence-electron chi connectivity index (χ3n) is 3.82. The summed E-state index contributed by atoms with van der Waals surface area (Å²) in [6.07, 6.45) is 3.12. The minimum atomic E-state index is -3.48. The van der Waals surface area contributed by atoms with E-state index >= 15 is 0 Å². The number of fused-ring (bicyclic) bond motifs is 1. The number of anilines is 1. The Balaban J connectivity index is 1.62. The molecular weight excluding hydrogens is 377 g/mol. The minimum absolute atomic E-state index is 0.153. The summed E-state index contributed by atoms with van der Waals surface area (Å²) >= 11 is 0. The molecule has 0 radical (unpaired) electrons. The maximum Gasteiger partial charge on any atom is 0.340 e. The van der Waals surface area contributed by atoms with Crippen LogP contribution < -0.4 is 5.32 Å². The predicted molar refractivity (Wildman–Crippen MR) is 95.7 cm³/mol. The maximum atomic E-state index is 12.9. The Morgan fingerprint density at radius 2 is 1.96 bits per heavy atom. The number of nitrogens with one attached hydrogen (secondary N) is 1. The molecule has 2 aliphatic rings. The fraction of sp³-hybridized carbons (Fsp3) is 0.235. The second-order valence-corrected chi connectivity index (χ2v) is 7.65. The SMILES string of the molecule is C[C@H](OC(=O)C1=CN2CCS(=O)(=O)N=C2C=C1)C(=O)Nc1ccc(F)cc1. The molecule has 1 amide bonds. The number of ether oxygens (including phenoxy) is 1.